The van der Waals surface area contributed by atoms with Gasteiger partial charge in [0.15, 0.2) is 23.6 Å². The molecule has 5 rings (SSSR count). The van der Waals surface area contributed by atoms with Crippen LogP contribution in [0.5, 0.6) is 11.5 Å². The number of hydrogen-bond donors (Lipinski definition) is 3. The number of halogens is 1. The van der Waals surface area contributed by atoms with E-state index < -0.39 is 53.6 Å². The van der Waals surface area contributed by atoms with E-state index in [0.29, 0.717) is 22.2 Å². The van der Waals surface area contributed by atoms with E-state index in [1.54, 1.807) is 44.1 Å². The molecule has 2 aliphatic carbocycles. The predicted octanol–water partition coefficient (Wildman–Crippen LogP) is 2.34. The third-order valence-corrected chi connectivity index (χ3v) is 8.43. The average molecular weight is 605 g/mol. The summed E-state index contributed by atoms with van der Waals surface area (Å²) < 4.78 is 23.4. The predicted molar refractivity (Wildman–Crippen MR) is 157 cm³/mol. The molecule has 3 aliphatic rings. The van der Waals surface area contributed by atoms with Gasteiger partial charge < -0.3 is 39.8 Å². The number of rotatable bonds is 6. The number of ether oxygens (including phenoxy) is 4. The van der Waals surface area contributed by atoms with Crippen molar-refractivity contribution in [3.8, 4) is 11.5 Å². The lowest BCUT2D eigenvalue weighted by Crippen LogP contribution is -2.54. The maximum absolute atomic E-state index is 14.6. The quantitative estimate of drug-likeness (QED) is 0.444. The lowest BCUT2D eigenvalue weighted by molar-refractivity contribution is -0.239. The second-order valence-corrected chi connectivity index (χ2v) is 11.2. The Morgan fingerprint density at radius 2 is 1.83 bits per heavy atom. The molecule has 42 heavy (non-hydrogen) atoms. The van der Waals surface area contributed by atoms with E-state index in [9.17, 15) is 24.6 Å². The molecule has 6 atom stereocenters. The number of carbonyl (C=O) groups excluding carboxylic acids is 3. The van der Waals surface area contributed by atoms with Crippen LogP contribution in [0.1, 0.15) is 53.8 Å². The van der Waals surface area contributed by atoms with E-state index in [1.807, 2.05) is 0 Å². The van der Waals surface area contributed by atoms with Gasteiger partial charge in [-0.1, -0.05) is 12.1 Å². The van der Waals surface area contributed by atoms with E-state index in [0.717, 1.165) is 0 Å². The maximum atomic E-state index is 14.6. The number of nitrogens with zero attached hydrogens (tertiary/aromatic N) is 1. The van der Waals surface area contributed by atoms with Gasteiger partial charge in [-0.3, -0.25) is 14.4 Å². The molecule has 1 aliphatic heterocycles. The standard InChI is InChI=1S/C30H36N2O9.ClH/c1-13-26(34)17(31)10-20(40-13)41-19-12-30(37,14(2)33)11-16-22(19)28(36)23-24(27(16)35)29(39-6)15-8-7-9-18(38-5)21(15)25(23)32(3)4;/h7-9,13,17,19-20,26,34,37H,10-12,31H2,1-6H3;1H/t13?,17?,19-,20?,26?,30-;/m0./s1. The molecule has 2 aromatic rings. The van der Waals surface area contributed by atoms with Crippen LogP contribution in [-0.4, -0.2) is 92.1 Å². The molecule has 12 heteroatoms. The number of fused-ring (bicyclic) bond motifs is 2. The van der Waals surface area contributed by atoms with Gasteiger partial charge >= 0.3 is 0 Å². The van der Waals surface area contributed by atoms with Gasteiger partial charge in [-0.2, -0.15) is 0 Å². The summed E-state index contributed by atoms with van der Waals surface area (Å²) in [7, 11) is 6.48. The van der Waals surface area contributed by atoms with E-state index >= 15 is 0 Å². The number of benzene rings is 2. The number of nitrogens with two attached hydrogens (primary N) is 1. The Morgan fingerprint density at radius 1 is 1.14 bits per heavy atom. The van der Waals surface area contributed by atoms with Crippen LogP contribution in [0.4, 0.5) is 5.69 Å². The van der Waals surface area contributed by atoms with Crippen molar-refractivity contribution in [3.63, 3.8) is 0 Å². The lowest BCUT2D eigenvalue weighted by Gasteiger charge is -2.43. The lowest BCUT2D eigenvalue weighted by atomic mass is 9.69. The summed E-state index contributed by atoms with van der Waals surface area (Å²) >= 11 is 0. The molecule has 4 unspecified atom stereocenters. The first kappa shape index (κ1) is 31.9. The van der Waals surface area contributed by atoms with Crippen LogP contribution in [0.15, 0.2) is 29.3 Å². The molecular formula is C30H37ClN2O9. The highest BCUT2D eigenvalue weighted by Gasteiger charge is 2.52. The zero-order valence-corrected chi connectivity index (χ0v) is 25.2. The van der Waals surface area contributed by atoms with Crippen molar-refractivity contribution in [1.29, 1.82) is 0 Å². The first-order valence-corrected chi connectivity index (χ1v) is 13.5. The molecule has 228 valence electrons. The number of anilines is 1. The maximum Gasteiger partial charge on any atom is 0.195 e. The van der Waals surface area contributed by atoms with Crippen LogP contribution in [0, 0.1) is 0 Å². The summed E-state index contributed by atoms with van der Waals surface area (Å²) in [6, 6.07) is 4.66. The molecule has 1 fully saturated rings. The Morgan fingerprint density at radius 3 is 2.40 bits per heavy atom. The molecule has 2 aromatic carbocycles. The number of hydrogen-bond acceptors (Lipinski definition) is 11. The first-order valence-electron chi connectivity index (χ1n) is 13.5. The van der Waals surface area contributed by atoms with Gasteiger partial charge in [0.25, 0.3) is 0 Å². The summed E-state index contributed by atoms with van der Waals surface area (Å²) in [6.45, 7) is 2.89. The highest BCUT2D eigenvalue weighted by Crippen LogP contribution is 2.51. The van der Waals surface area contributed by atoms with Crippen LogP contribution in [0.25, 0.3) is 10.8 Å². The molecule has 0 bridgehead atoms. The second-order valence-electron chi connectivity index (χ2n) is 11.2. The zero-order valence-electron chi connectivity index (χ0n) is 24.4. The fourth-order valence-corrected chi connectivity index (χ4v) is 6.30. The largest absolute Gasteiger partial charge is 0.496 e. The van der Waals surface area contributed by atoms with Crippen molar-refractivity contribution >= 4 is 46.2 Å². The second kappa shape index (κ2) is 11.6. The number of Topliss-reactive ketones (excluding diaryl/α,β-unsaturated/α-hetero) is 3. The minimum atomic E-state index is -1.95. The van der Waals surface area contributed by atoms with E-state index in [4.69, 9.17) is 24.7 Å². The van der Waals surface area contributed by atoms with Gasteiger partial charge in [0.1, 0.15) is 17.1 Å². The number of carbonyl (C=O) groups is 3. The minimum Gasteiger partial charge on any atom is -0.496 e. The van der Waals surface area contributed by atoms with Crippen LogP contribution in [-0.2, 0) is 14.3 Å². The van der Waals surface area contributed by atoms with Crippen LogP contribution < -0.4 is 20.1 Å². The molecule has 11 nitrogen and oxygen atoms in total. The number of ketones is 3. The molecule has 1 saturated heterocycles. The Kier molecular flexibility index (Phi) is 8.77. The van der Waals surface area contributed by atoms with Crippen LogP contribution >= 0.6 is 12.4 Å². The smallest absolute Gasteiger partial charge is 0.195 e. The van der Waals surface area contributed by atoms with Gasteiger partial charge in [0, 0.05) is 55.9 Å². The van der Waals surface area contributed by atoms with Crippen molar-refractivity contribution in [2.75, 3.05) is 33.2 Å². The fourth-order valence-electron chi connectivity index (χ4n) is 6.30. The first-order chi connectivity index (χ1) is 19.3. The van der Waals surface area contributed by atoms with Gasteiger partial charge in [-0.15, -0.1) is 12.4 Å². The SMILES string of the molecule is COc1c2c(c(N(C)C)c3c(OC)cccc13)C(=O)C1=C(C[C@@](O)(C(C)=O)C[C@@H]1OC1CC(N)C(O)C(C)O1)C2=O.Cl. The van der Waals surface area contributed by atoms with Crippen molar-refractivity contribution < 1.29 is 43.5 Å². The summed E-state index contributed by atoms with van der Waals surface area (Å²) in [5.41, 5.74) is 4.85. The third-order valence-electron chi connectivity index (χ3n) is 8.43. The number of methoxy groups -OCH3 is 2. The van der Waals surface area contributed by atoms with Gasteiger partial charge in [0.05, 0.1) is 54.7 Å². The summed E-state index contributed by atoms with van der Waals surface area (Å²) in [5.74, 6) is -0.876. The van der Waals surface area contributed by atoms with E-state index in [2.05, 4.69) is 0 Å². The summed E-state index contributed by atoms with van der Waals surface area (Å²) in [6.07, 6.45) is -4.16. The van der Waals surface area contributed by atoms with Crippen molar-refractivity contribution in [2.24, 2.45) is 5.73 Å². The van der Waals surface area contributed by atoms with E-state index in [-0.39, 0.29) is 59.7 Å². The highest BCUT2D eigenvalue weighted by atomic mass is 35.5. The van der Waals surface area contributed by atoms with Gasteiger partial charge in [-0.05, 0) is 19.9 Å². The van der Waals surface area contributed by atoms with Crippen molar-refractivity contribution in [3.05, 3.63) is 40.5 Å². The van der Waals surface area contributed by atoms with E-state index in [1.165, 1.54) is 21.1 Å². The molecular weight excluding hydrogens is 568 g/mol. The third kappa shape index (κ3) is 4.87. The molecule has 0 amide bonds. The minimum absolute atomic E-state index is 0. The topological polar surface area (TPSA) is 158 Å². The normalized spacial score (nSPS) is 29.0. The Bertz CT molecular complexity index is 1480. The Hall–Kier alpha value is -3.06. The van der Waals surface area contributed by atoms with Crippen LogP contribution in [0.3, 0.4) is 0 Å². The average Bonchev–Trinajstić information content (AvgIpc) is 2.92. The van der Waals surface area contributed by atoms with Gasteiger partial charge in [0.2, 0.25) is 0 Å². The Balaban J connectivity index is 0.00000405. The molecule has 0 aromatic heterocycles. The zero-order chi connectivity index (χ0) is 30.0. The highest BCUT2D eigenvalue weighted by molar-refractivity contribution is 6.34. The number of aliphatic hydroxyl groups excluding tert-OH is 1. The van der Waals surface area contributed by atoms with Crippen molar-refractivity contribution in [1.82, 2.24) is 0 Å². The fraction of sp³-hybridized carbons (Fsp3) is 0.500. The van der Waals surface area contributed by atoms with Crippen molar-refractivity contribution in [2.45, 2.75) is 69.4 Å². The molecule has 4 N–H and O–H groups in total. The van der Waals surface area contributed by atoms with Gasteiger partial charge in [-0.25, -0.2) is 0 Å². The monoisotopic (exact) mass is 604 g/mol. The molecule has 0 radical (unpaired) electrons. The molecule has 0 saturated carbocycles. The summed E-state index contributed by atoms with van der Waals surface area (Å²) in [4.78, 5) is 43.3. The molecule has 1 heterocycles. The molecule has 0 spiro atoms. The van der Waals surface area contributed by atoms with Crippen LogP contribution in [0.2, 0.25) is 0 Å². The Labute approximate surface area is 249 Å². The summed E-state index contributed by atoms with van der Waals surface area (Å²) in [5, 5.41) is 22.8. The number of aliphatic hydroxyl groups is 2.